The van der Waals surface area contributed by atoms with Gasteiger partial charge in [-0.1, -0.05) is 18.2 Å². The Balaban J connectivity index is 1.69. The van der Waals surface area contributed by atoms with Crippen molar-refractivity contribution < 1.29 is 4.74 Å². The maximum atomic E-state index is 5.66. The number of nitrogens with two attached hydrogens (primary N) is 1. The van der Waals surface area contributed by atoms with E-state index in [4.69, 9.17) is 22.1 Å². The molecule has 100 valence electrons. The highest BCUT2D eigenvalue weighted by atomic mass is 35.5. The molecule has 0 saturated carbocycles. The lowest BCUT2D eigenvalue weighted by Gasteiger charge is -2.07. The molecule has 0 aliphatic carbocycles. The van der Waals surface area contributed by atoms with Gasteiger partial charge in [0, 0.05) is 6.54 Å². The molecule has 2 aromatic rings. The van der Waals surface area contributed by atoms with E-state index in [1.165, 1.54) is 0 Å². The molecule has 0 aliphatic rings. The normalized spacial score (nSPS) is 10.2. The minimum atomic E-state index is 0.0792. The second-order valence-corrected chi connectivity index (χ2v) is 4.07. The summed E-state index contributed by atoms with van der Waals surface area (Å²) in [5, 5.41) is 3.09. The zero-order valence-electron chi connectivity index (χ0n) is 10.2. The van der Waals surface area contributed by atoms with Crippen LogP contribution in [0, 0.1) is 0 Å². The van der Waals surface area contributed by atoms with Gasteiger partial charge in [0.25, 0.3) is 0 Å². The van der Waals surface area contributed by atoms with Crippen molar-refractivity contribution in [1.82, 2.24) is 15.0 Å². The van der Waals surface area contributed by atoms with Gasteiger partial charge < -0.3 is 15.8 Å². The van der Waals surface area contributed by atoms with Gasteiger partial charge in [0.1, 0.15) is 5.75 Å². The Kier molecular flexibility index (Phi) is 4.74. The van der Waals surface area contributed by atoms with Gasteiger partial charge in [-0.2, -0.15) is 15.0 Å². The number of aromatic nitrogens is 3. The lowest BCUT2D eigenvalue weighted by Crippen LogP contribution is -2.11. The second-order valence-electron chi connectivity index (χ2n) is 3.73. The second kappa shape index (κ2) is 6.75. The van der Waals surface area contributed by atoms with Crippen molar-refractivity contribution in [3.63, 3.8) is 0 Å². The number of nitrogens with one attached hydrogen (secondary N) is 1. The Hall–Kier alpha value is -2.08. The van der Waals surface area contributed by atoms with Crippen LogP contribution in [0.5, 0.6) is 5.75 Å². The van der Waals surface area contributed by atoms with E-state index in [-0.39, 0.29) is 11.2 Å². The van der Waals surface area contributed by atoms with Crippen LogP contribution in [0.2, 0.25) is 5.28 Å². The smallest absolute Gasteiger partial charge is 0.228 e. The minimum absolute atomic E-state index is 0.0792. The molecule has 19 heavy (non-hydrogen) atoms. The van der Waals surface area contributed by atoms with E-state index in [9.17, 15) is 0 Å². The van der Waals surface area contributed by atoms with Crippen LogP contribution in [0.1, 0.15) is 6.42 Å². The standard InChI is InChI=1S/C12H14ClN5O/c13-10-16-11(14)18-12(17-10)15-7-4-8-19-9-5-2-1-3-6-9/h1-3,5-6H,4,7-8H2,(H3,14,15,16,17,18). The minimum Gasteiger partial charge on any atom is -0.494 e. The van der Waals surface area contributed by atoms with Gasteiger partial charge in [-0.05, 0) is 30.2 Å². The third-order valence-electron chi connectivity index (χ3n) is 2.24. The Morgan fingerprint density at radius 1 is 1.16 bits per heavy atom. The molecule has 0 aliphatic heterocycles. The fraction of sp³-hybridized carbons (Fsp3) is 0.250. The average molecular weight is 280 g/mol. The summed E-state index contributed by atoms with van der Waals surface area (Å²) in [7, 11) is 0. The molecular weight excluding hydrogens is 266 g/mol. The highest BCUT2D eigenvalue weighted by Gasteiger charge is 2.01. The molecule has 3 N–H and O–H groups in total. The molecule has 1 aromatic heterocycles. The van der Waals surface area contributed by atoms with E-state index >= 15 is 0 Å². The van der Waals surface area contributed by atoms with Crippen LogP contribution in [0.4, 0.5) is 11.9 Å². The number of anilines is 2. The average Bonchev–Trinajstić information content (AvgIpc) is 2.38. The SMILES string of the molecule is Nc1nc(Cl)nc(NCCCOc2ccccc2)n1. The molecule has 0 fully saturated rings. The highest BCUT2D eigenvalue weighted by molar-refractivity contribution is 6.28. The predicted octanol–water partition coefficient (Wildman–Crippen LogP) is 1.99. The van der Waals surface area contributed by atoms with Crippen molar-refractivity contribution in [3.8, 4) is 5.75 Å². The number of halogens is 1. The topological polar surface area (TPSA) is 86.0 Å². The summed E-state index contributed by atoms with van der Waals surface area (Å²) in [6.45, 7) is 1.26. The summed E-state index contributed by atoms with van der Waals surface area (Å²) in [6.07, 6.45) is 0.804. The van der Waals surface area contributed by atoms with Gasteiger partial charge in [-0.25, -0.2) is 0 Å². The number of para-hydroxylation sites is 1. The number of ether oxygens (including phenoxy) is 1. The molecule has 0 bridgehead atoms. The van der Waals surface area contributed by atoms with Crippen LogP contribution >= 0.6 is 11.6 Å². The molecular formula is C12H14ClN5O. The summed E-state index contributed by atoms with van der Waals surface area (Å²) in [6, 6.07) is 9.65. The van der Waals surface area contributed by atoms with Gasteiger partial charge in [0.05, 0.1) is 6.61 Å². The van der Waals surface area contributed by atoms with Gasteiger partial charge >= 0.3 is 0 Å². The molecule has 0 saturated heterocycles. The van der Waals surface area contributed by atoms with E-state index in [0.717, 1.165) is 12.2 Å². The summed E-state index contributed by atoms with van der Waals surface area (Å²) in [5.74, 6) is 1.33. The summed E-state index contributed by atoms with van der Waals surface area (Å²) < 4.78 is 5.55. The first kappa shape index (κ1) is 13.4. The summed E-state index contributed by atoms with van der Waals surface area (Å²) >= 11 is 5.66. The summed E-state index contributed by atoms with van der Waals surface area (Å²) in [5.41, 5.74) is 5.45. The largest absolute Gasteiger partial charge is 0.494 e. The van der Waals surface area contributed by atoms with E-state index in [1.807, 2.05) is 30.3 Å². The van der Waals surface area contributed by atoms with Crippen molar-refractivity contribution in [1.29, 1.82) is 0 Å². The molecule has 0 spiro atoms. The van der Waals surface area contributed by atoms with E-state index in [2.05, 4.69) is 20.3 Å². The number of rotatable bonds is 6. The molecule has 1 heterocycles. The molecule has 0 atom stereocenters. The Morgan fingerprint density at radius 3 is 2.68 bits per heavy atom. The first-order valence-electron chi connectivity index (χ1n) is 5.83. The fourth-order valence-electron chi connectivity index (χ4n) is 1.42. The van der Waals surface area contributed by atoms with Crippen LogP contribution < -0.4 is 15.8 Å². The van der Waals surface area contributed by atoms with Gasteiger partial charge in [-0.15, -0.1) is 0 Å². The van der Waals surface area contributed by atoms with Crippen molar-refractivity contribution in [3.05, 3.63) is 35.6 Å². The Morgan fingerprint density at radius 2 is 1.95 bits per heavy atom. The maximum absolute atomic E-state index is 5.66. The highest BCUT2D eigenvalue weighted by Crippen LogP contribution is 2.09. The van der Waals surface area contributed by atoms with Gasteiger partial charge in [0.2, 0.25) is 17.2 Å². The Labute approximate surface area is 116 Å². The molecule has 6 nitrogen and oxygen atoms in total. The van der Waals surface area contributed by atoms with Crippen molar-refractivity contribution >= 4 is 23.5 Å². The van der Waals surface area contributed by atoms with Gasteiger partial charge in [-0.3, -0.25) is 0 Å². The van der Waals surface area contributed by atoms with Crippen LogP contribution in [0.3, 0.4) is 0 Å². The Bertz CT molecular complexity index is 503. The predicted molar refractivity (Wildman–Crippen MR) is 74.3 cm³/mol. The van der Waals surface area contributed by atoms with E-state index in [1.54, 1.807) is 0 Å². The molecule has 1 aromatic carbocycles. The molecule has 0 radical (unpaired) electrons. The van der Waals surface area contributed by atoms with Crippen LogP contribution in [-0.4, -0.2) is 28.1 Å². The van der Waals surface area contributed by atoms with Gasteiger partial charge in [0.15, 0.2) is 0 Å². The quantitative estimate of drug-likeness (QED) is 0.787. The lowest BCUT2D eigenvalue weighted by molar-refractivity contribution is 0.315. The third-order valence-corrected chi connectivity index (χ3v) is 2.41. The summed E-state index contributed by atoms with van der Waals surface area (Å²) in [4.78, 5) is 11.5. The number of benzene rings is 1. The first-order chi connectivity index (χ1) is 9.24. The fourth-order valence-corrected chi connectivity index (χ4v) is 1.59. The zero-order valence-corrected chi connectivity index (χ0v) is 11.0. The number of hydrogen-bond donors (Lipinski definition) is 2. The van der Waals surface area contributed by atoms with Crippen molar-refractivity contribution in [2.45, 2.75) is 6.42 Å². The molecule has 2 rings (SSSR count). The van der Waals surface area contributed by atoms with Crippen LogP contribution in [0.15, 0.2) is 30.3 Å². The monoisotopic (exact) mass is 279 g/mol. The third kappa shape index (κ3) is 4.59. The molecule has 0 unspecified atom stereocenters. The molecule has 7 heteroatoms. The van der Waals surface area contributed by atoms with Crippen LogP contribution in [-0.2, 0) is 0 Å². The number of nitrogens with zero attached hydrogens (tertiary/aromatic N) is 3. The number of hydrogen-bond acceptors (Lipinski definition) is 6. The number of nitrogen functional groups attached to an aromatic ring is 1. The molecule has 0 amide bonds. The van der Waals surface area contributed by atoms with Crippen molar-refractivity contribution in [2.24, 2.45) is 0 Å². The first-order valence-corrected chi connectivity index (χ1v) is 6.20. The lowest BCUT2D eigenvalue weighted by atomic mass is 10.3. The van der Waals surface area contributed by atoms with E-state index < -0.39 is 0 Å². The van der Waals surface area contributed by atoms with E-state index in [0.29, 0.717) is 19.1 Å². The zero-order chi connectivity index (χ0) is 13.5. The van der Waals surface area contributed by atoms with Crippen LogP contribution in [0.25, 0.3) is 0 Å². The maximum Gasteiger partial charge on any atom is 0.228 e. The van der Waals surface area contributed by atoms with Crippen molar-refractivity contribution in [2.75, 3.05) is 24.2 Å².